The van der Waals surface area contributed by atoms with Gasteiger partial charge in [-0.1, -0.05) is 18.2 Å². The molecule has 0 unspecified atom stereocenters. The van der Waals surface area contributed by atoms with Gasteiger partial charge in [-0.05, 0) is 25.3 Å². The summed E-state index contributed by atoms with van der Waals surface area (Å²) in [4.78, 5) is 15.0. The Hall–Kier alpha value is -2.32. The molecule has 3 aliphatic heterocycles. The summed E-state index contributed by atoms with van der Waals surface area (Å²) < 4.78 is 39.9. The number of aliphatic imine (C=N–C) groups is 2. The first-order valence-corrected chi connectivity index (χ1v) is 8.80. The van der Waals surface area contributed by atoms with E-state index in [0.717, 1.165) is 32.2 Å². The van der Waals surface area contributed by atoms with E-state index in [0.29, 0.717) is 28.7 Å². The summed E-state index contributed by atoms with van der Waals surface area (Å²) in [6, 6.07) is 2.29. The van der Waals surface area contributed by atoms with Crippen molar-refractivity contribution in [2.45, 2.75) is 6.18 Å². The molecule has 9 heteroatoms. The fourth-order valence-electron chi connectivity index (χ4n) is 3.26. The van der Waals surface area contributed by atoms with E-state index < -0.39 is 11.7 Å². The molecule has 0 radical (unpaired) electrons. The molecule has 0 atom stereocenters. The van der Waals surface area contributed by atoms with E-state index in [2.05, 4.69) is 26.4 Å². The van der Waals surface area contributed by atoms with Crippen molar-refractivity contribution in [3.63, 3.8) is 0 Å². The molecule has 0 spiro atoms. The quantitative estimate of drug-likeness (QED) is 0.668. The van der Waals surface area contributed by atoms with Crippen LogP contribution in [0.2, 0.25) is 5.02 Å². The number of fused-ring (bicyclic) bond motifs is 3. The van der Waals surface area contributed by atoms with Crippen LogP contribution in [0.3, 0.4) is 0 Å². The second-order valence-corrected chi connectivity index (χ2v) is 7.06. The number of rotatable bonds is 0. The predicted octanol–water partition coefficient (Wildman–Crippen LogP) is 3.90. The van der Waals surface area contributed by atoms with Crippen molar-refractivity contribution in [2.24, 2.45) is 9.98 Å². The van der Waals surface area contributed by atoms with Gasteiger partial charge in [-0.15, -0.1) is 0 Å². The Morgan fingerprint density at radius 2 is 1.78 bits per heavy atom. The molecule has 0 aromatic heterocycles. The van der Waals surface area contributed by atoms with E-state index in [1.807, 2.05) is 7.05 Å². The molecule has 1 fully saturated rings. The number of hydrogen-bond donors (Lipinski definition) is 0. The Labute approximate surface area is 159 Å². The number of nitrogens with zero attached hydrogens (tertiary/aromatic N) is 5. The second-order valence-electron chi connectivity index (χ2n) is 6.66. The van der Waals surface area contributed by atoms with Crippen LogP contribution in [0.15, 0.2) is 46.7 Å². The van der Waals surface area contributed by atoms with Crippen LogP contribution in [0.25, 0.3) is 0 Å². The van der Waals surface area contributed by atoms with Crippen LogP contribution in [0.4, 0.5) is 24.5 Å². The molecule has 0 amide bonds. The van der Waals surface area contributed by atoms with Gasteiger partial charge in [-0.3, -0.25) is 4.90 Å². The highest BCUT2D eigenvalue weighted by atomic mass is 35.5. The highest BCUT2D eigenvalue weighted by Gasteiger charge is 2.37. The number of piperazine rings is 1. The summed E-state index contributed by atoms with van der Waals surface area (Å²) >= 11 is 5.91. The zero-order valence-corrected chi connectivity index (χ0v) is 15.3. The van der Waals surface area contributed by atoms with Gasteiger partial charge in [0.05, 0.1) is 27.7 Å². The van der Waals surface area contributed by atoms with Gasteiger partial charge in [0, 0.05) is 32.4 Å². The SMILES string of the molecule is C=C1C=CN2C(=N1)C(N1CCN(C)CC1)=Nc1cc(Cl)c(C(F)(F)F)cc12. The van der Waals surface area contributed by atoms with Crippen molar-refractivity contribution in [1.29, 1.82) is 0 Å². The number of halogens is 4. The summed E-state index contributed by atoms with van der Waals surface area (Å²) in [5, 5.41) is -0.367. The molecule has 1 saturated heterocycles. The first kappa shape index (κ1) is 18.1. The zero-order valence-electron chi connectivity index (χ0n) is 14.6. The standard InChI is InChI=1S/C18H17ClF3N5/c1-11-3-4-27-15-9-12(18(20,21)22)13(19)10-14(15)24-16(17(27)23-11)26-7-5-25(2)6-8-26/h3-4,9-10H,1,5-8H2,2H3. The highest BCUT2D eigenvalue weighted by molar-refractivity contribution is 6.48. The van der Waals surface area contributed by atoms with Crippen LogP contribution < -0.4 is 4.90 Å². The zero-order chi connectivity index (χ0) is 19.3. The van der Waals surface area contributed by atoms with E-state index in [1.54, 1.807) is 17.2 Å². The lowest BCUT2D eigenvalue weighted by molar-refractivity contribution is -0.137. The van der Waals surface area contributed by atoms with Crippen molar-refractivity contribution in [2.75, 3.05) is 38.1 Å². The third-order valence-electron chi connectivity index (χ3n) is 4.75. The van der Waals surface area contributed by atoms with E-state index >= 15 is 0 Å². The summed E-state index contributed by atoms with van der Waals surface area (Å²) in [7, 11) is 2.04. The number of alkyl halides is 3. The van der Waals surface area contributed by atoms with Gasteiger partial charge in [0.2, 0.25) is 0 Å². The lowest BCUT2D eigenvalue weighted by Crippen LogP contribution is -2.53. The van der Waals surface area contributed by atoms with Crippen molar-refractivity contribution in [1.82, 2.24) is 9.80 Å². The van der Waals surface area contributed by atoms with Crippen molar-refractivity contribution in [3.05, 3.63) is 47.3 Å². The maximum Gasteiger partial charge on any atom is 0.417 e. The maximum atomic E-state index is 13.3. The number of likely N-dealkylation sites (N-methyl/N-ethyl adjacent to an activating group) is 1. The average molecular weight is 396 g/mol. The molecule has 3 aliphatic rings. The van der Waals surface area contributed by atoms with Crippen LogP contribution in [-0.2, 0) is 6.18 Å². The van der Waals surface area contributed by atoms with E-state index in [4.69, 9.17) is 11.6 Å². The first-order chi connectivity index (χ1) is 12.7. The Bertz CT molecular complexity index is 895. The maximum absolute atomic E-state index is 13.3. The molecule has 142 valence electrons. The van der Waals surface area contributed by atoms with E-state index in [9.17, 15) is 13.2 Å². The van der Waals surface area contributed by atoms with Crippen LogP contribution >= 0.6 is 11.6 Å². The van der Waals surface area contributed by atoms with Crippen molar-refractivity contribution < 1.29 is 13.2 Å². The molecule has 0 saturated carbocycles. The number of benzene rings is 1. The summed E-state index contributed by atoms with van der Waals surface area (Å²) in [6.45, 7) is 7.07. The van der Waals surface area contributed by atoms with Crippen LogP contribution in [0.1, 0.15) is 5.56 Å². The molecule has 0 bridgehead atoms. The average Bonchev–Trinajstić information content (AvgIpc) is 2.60. The fraction of sp³-hybridized carbons (Fsp3) is 0.333. The molecular formula is C18H17ClF3N5. The lowest BCUT2D eigenvalue weighted by atomic mass is 10.1. The molecule has 5 nitrogen and oxygen atoms in total. The normalized spacial score (nSPS) is 20.3. The van der Waals surface area contributed by atoms with Crippen molar-refractivity contribution in [3.8, 4) is 0 Å². The molecule has 1 aromatic rings. The van der Waals surface area contributed by atoms with Gasteiger partial charge < -0.3 is 9.80 Å². The van der Waals surface area contributed by atoms with Crippen LogP contribution in [-0.4, -0.2) is 54.7 Å². The second kappa shape index (κ2) is 6.38. The fourth-order valence-corrected chi connectivity index (χ4v) is 3.52. The minimum absolute atomic E-state index is 0.298. The number of amidine groups is 2. The Morgan fingerprint density at radius 1 is 1.07 bits per heavy atom. The highest BCUT2D eigenvalue weighted by Crippen LogP contribution is 2.44. The minimum Gasteiger partial charge on any atom is -0.351 e. The third kappa shape index (κ3) is 3.23. The van der Waals surface area contributed by atoms with Gasteiger partial charge in [0.25, 0.3) is 0 Å². The van der Waals surface area contributed by atoms with Gasteiger partial charge in [-0.25, -0.2) is 9.98 Å². The Morgan fingerprint density at radius 3 is 2.44 bits per heavy atom. The monoisotopic (exact) mass is 395 g/mol. The smallest absolute Gasteiger partial charge is 0.351 e. The van der Waals surface area contributed by atoms with Crippen LogP contribution in [0, 0.1) is 0 Å². The van der Waals surface area contributed by atoms with E-state index in [-0.39, 0.29) is 5.02 Å². The van der Waals surface area contributed by atoms with Gasteiger partial charge in [0.15, 0.2) is 11.7 Å². The molecule has 27 heavy (non-hydrogen) atoms. The van der Waals surface area contributed by atoms with Gasteiger partial charge in [-0.2, -0.15) is 13.2 Å². The largest absolute Gasteiger partial charge is 0.417 e. The minimum atomic E-state index is -4.55. The molecular weight excluding hydrogens is 379 g/mol. The summed E-state index contributed by atoms with van der Waals surface area (Å²) in [5.41, 5.74) is 0.319. The topological polar surface area (TPSA) is 34.4 Å². The van der Waals surface area contributed by atoms with Crippen molar-refractivity contribution >= 4 is 34.6 Å². The molecule has 3 heterocycles. The molecule has 0 N–H and O–H groups in total. The Balaban J connectivity index is 1.85. The Kier molecular flexibility index (Phi) is 4.27. The van der Waals surface area contributed by atoms with Gasteiger partial charge in [0.1, 0.15) is 0 Å². The summed E-state index contributed by atoms with van der Waals surface area (Å²) in [6.07, 6.45) is -1.22. The summed E-state index contributed by atoms with van der Waals surface area (Å²) in [5.74, 6) is 1.10. The number of hydrogen-bond acceptors (Lipinski definition) is 5. The number of allylic oxidation sites excluding steroid dienone is 1. The van der Waals surface area contributed by atoms with Gasteiger partial charge >= 0.3 is 6.18 Å². The third-order valence-corrected chi connectivity index (χ3v) is 5.06. The molecule has 0 aliphatic carbocycles. The number of anilines is 1. The molecule has 1 aromatic carbocycles. The first-order valence-electron chi connectivity index (χ1n) is 8.42. The lowest BCUT2D eigenvalue weighted by Gasteiger charge is -2.39. The molecule has 4 rings (SSSR count). The van der Waals surface area contributed by atoms with E-state index in [1.165, 1.54) is 6.07 Å². The van der Waals surface area contributed by atoms with Crippen LogP contribution in [0.5, 0.6) is 0 Å². The predicted molar refractivity (Wildman–Crippen MR) is 101 cm³/mol.